The second-order valence-corrected chi connectivity index (χ2v) is 6.64. The number of sulfonamides is 1. The first-order valence-electron chi connectivity index (χ1n) is 7.02. The molecule has 114 valence electrons. The maximum absolute atomic E-state index is 12.4. The third kappa shape index (κ3) is 3.82. The van der Waals surface area contributed by atoms with E-state index < -0.39 is 10.0 Å². The van der Waals surface area contributed by atoms with Crippen LogP contribution in [0.25, 0.3) is 0 Å². The summed E-state index contributed by atoms with van der Waals surface area (Å²) in [5.74, 6) is 0.642. The maximum atomic E-state index is 12.4. The molecule has 0 spiro atoms. The lowest BCUT2D eigenvalue weighted by Gasteiger charge is -2.17. The average Bonchev–Trinajstić information content (AvgIpc) is 2.73. The van der Waals surface area contributed by atoms with Gasteiger partial charge in [-0.15, -0.1) is 0 Å². The van der Waals surface area contributed by atoms with Crippen molar-refractivity contribution in [3.8, 4) is 0 Å². The van der Waals surface area contributed by atoms with Crippen LogP contribution in [0.1, 0.15) is 25.5 Å². The highest BCUT2D eigenvalue weighted by atomic mass is 32.2. The average molecular weight is 302 g/mol. The Morgan fingerprint density at radius 2 is 2.15 bits per heavy atom. The van der Waals surface area contributed by atoms with Crippen LogP contribution in [-0.2, 0) is 21.3 Å². The van der Waals surface area contributed by atoms with Gasteiger partial charge in [0.2, 0.25) is 5.09 Å². The van der Waals surface area contributed by atoms with Crippen LogP contribution in [0.5, 0.6) is 0 Å². The normalized spacial score (nSPS) is 18.1. The van der Waals surface area contributed by atoms with E-state index in [9.17, 15) is 8.42 Å². The Hall–Kier alpha value is -0.890. The van der Waals surface area contributed by atoms with Crippen molar-refractivity contribution in [2.75, 3.05) is 32.8 Å². The summed E-state index contributed by atoms with van der Waals surface area (Å²) in [6, 6.07) is 3.24. The molecule has 6 nitrogen and oxygen atoms in total. The summed E-state index contributed by atoms with van der Waals surface area (Å²) in [6.45, 7) is 5.41. The summed E-state index contributed by atoms with van der Waals surface area (Å²) < 4.78 is 37.0. The smallest absolute Gasteiger partial charge is 0.276 e. The molecule has 2 rings (SSSR count). The largest absolute Gasteiger partial charge is 0.447 e. The van der Waals surface area contributed by atoms with Gasteiger partial charge in [-0.05, 0) is 31.5 Å². The Balaban J connectivity index is 2.05. The molecule has 2 heterocycles. The Kier molecular flexibility index (Phi) is 5.59. The number of furan rings is 1. The third-order valence-corrected chi connectivity index (χ3v) is 4.91. The molecular weight excluding hydrogens is 280 g/mol. The van der Waals surface area contributed by atoms with E-state index in [2.05, 4.69) is 12.2 Å². The van der Waals surface area contributed by atoms with Gasteiger partial charge in [0.1, 0.15) is 5.76 Å². The molecule has 0 aliphatic carbocycles. The number of rotatable bonds is 6. The molecule has 1 fully saturated rings. The highest BCUT2D eigenvalue weighted by Crippen LogP contribution is 2.20. The van der Waals surface area contributed by atoms with Crippen LogP contribution >= 0.6 is 0 Å². The minimum Gasteiger partial charge on any atom is -0.447 e. The van der Waals surface area contributed by atoms with Crippen LogP contribution in [0.3, 0.4) is 0 Å². The third-order valence-electron chi connectivity index (χ3n) is 3.14. The van der Waals surface area contributed by atoms with Gasteiger partial charge in [-0.25, -0.2) is 8.42 Å². The van der Waals surface area contributed by atoms with Gasteiger partial charge in [0.15, 0.2) is 0 Å². The fourth-order valence-corrected chi connectivity index (χ4v) is 3.46. The molecule has 1 aromatic rings. The summed E-state index contributed by atoms with van der Waals surface area (Å²) in [5, 5.41) is 3.20. The van der Waals surface area contributed by atoms with Crippen molar-refractivity contribution in [2.45, 2.75) is 31.4 Å². The van der Waals surface area contributed by atoms with Gasteiger partial charge in [0.05, 0.1) is 13.2 Å². The van der Waals surface area contributed by atoms with Gasteiger partial charge in [0, 0.05) is 19.7 Å². The zero-order valence-corrected chi connectivity index (χ0v) is 12.6. The predicted molar refractivity (Wildman–Crippen MR) is 74.9 cm³/mol. The van der Waals surface area contributed by atoms with E-state index in [0.717, 1.165) is 13.0 Å². The molecule has 1 aromatic heterocycles. The van der Waals surface area contributed by atoms with Gasteiger partial charge >= 0.3 is 0 Å². The van der Waals surface area contributed by atoms with Crippen molar-refractivity contribution in [1.29, 1.82) is 0 Å². The number of nitrogens with zero attached hydrogens (tertiary/aromatic N) is 1. The minimum atomic E-state index is -3.54. The molecule has 0 saturated carbocycles. The van der Waals surface area contributed by atoms with E-state index in [4.69, 9.17) is 9.15 Å². The van der Waals surface area contributed by atoms with Gasteiger partial charge in [0.25, 0.3) is 10.0 Å². The minimum absolute atomic E-state index is 0.0210. The number of nitrogens with one attached hydrogen (secondary N) is 1. The van der Waals surface area contributed by atoms with E-state index in [-0.39, 0.29) is 5.09 Å². The molecule has 20 heavy (non-hydrogen) atoms. The van der Waals surface area contributed by atoms with E-state index in [0.29, 0.717) is 45.0 Å². The van der Waals surface area contributed by atoms with Crippen molar-refractivity contribution >= 4 is 10.0 Å². The lowest BCUT2D eigenvalue weighted by Crippen LogP contribution is -2.33. The summed E-state index contributed by atoms with van der Waals surface area (Å²) >= 11 is 0. The van der Waals surface area contributed by atoms with Gasteiger partial charge in [-0.2, -0.15) is 4.31 Å². The molecular formula is C13H22N2O4S. The van der Waals surface area contributed by atoms with Crippen LogP contribution in [0.15, 0.2) is 21.6 Å². The highest BCUT2D eigenvalue weighted by Gasteiger charge is 2.28. The van der Waals surface area contributed by atoms with E-state index in [1.54, 1.807) is 6.07 Å². The lowest BCUT2D eigenvalue weighted by molar-refractivity contribution is 0.148. The first-order valence-corrected chi connectivity index (χ1v) is 8.46. The van der Waals surface area contributed by atoms with Gasteiger partial charge in [-0.3, -0.25) is 0 Å². The van der Waals surface area contributed by atoms with Crippen LogP contribution in [-0.4, -0.2) is 45.6 Å². The molecule has 0 unspecified atom stereocenters. The predicted octanol–water partition coefficient (Wildman–Crippen LogP) is 1.19. The van der Waals surface area contributed by atoms with Crippen molar-refractivity contribution in [3.05, 3.63) is 17.9 Å². The van der Waals surface area contributed by atoms with Crippen LogP contribution in [0.4, 0.5) is 0 Å². The van der Waals surface area contributed by atoms with Crippen LogP contribution < -0.4 is 5.32 Å². The Bertz CT molecular complexity index is 504. The second kappa shape index (κ2) is 7.21. The molecule has 0 atom stereocenters. The van der Waals surface area contributed by atoms with Crippen LogP contribution in [0, 0.1) is 0 Å². The highest BCUT2D eigenvalue weighted by molar-refractivity contribution is 7.89. The number of ether oxygens (including phenoxy) is 1. The van der Waals surface area contributed by atoms with Crippen molar-refractivity contribution in [1.82, 2.24) is 9.62 Å². The van der Waals surface area contributed by atoms with Gasteiger partial charge in [-0.1, -0.05) is 6.92 Å². The van der Waals surface area contributed by atoms with Crippen LogP contribution in [0.2, 0.25) is 0 Å². The summed E-state index contributed by atoms with van der Waals surface area (Å²) in [7, 11) is -3.54. The lowest BCUT2D eigenvalue weighted by atomic mass is 10.4. The zero-order chi connectivity index (χ0) is 14.4. The summed E-state index contributed by atoms with van der Waals surface area (Å²) in [4.78, 5) is 0. The molecule has 0 aromatic carbocycles. The van der Waals surface area contributed by atoms with E-state index in [1.165, 1.54) is 10.4 Å². The fourth-order valence-electron chi connectivity index (χ4n) is 2.07. The number of hydrogen-bond acceptors (Lipinski definition) is 5. The molecule has 1 aliphatic heterocycles. The number of hydrogen-bond donors (Lipinski definition) is 1. The summed E-state index contributed by atoms with van der Waals surface area (Å²) in [6.07, 6.45) is 1.74. The second-order valence-electron chi connectivity index (χ2n) is 4.77. The quantitative estimate of drug-likeness (QED) is 0.799. The van der Waals surface area contributed by atoms with Gasteiger partial charge < -0.3 is 14.5 Å². The molecule has 7 heteroatoms. The van der Waals surface area contributed by atoms with E-state index in [1.807, 2.05) is 0 Å². The molecule has 1 saturated heterocycles. The molecule has 0 radical (unpaired) electrons. The Morgan fingerprint density at radius 3 is 2.95 bits per heavy atom. The Morgan fingerprint density at radius 1 is 1.30 bits per heavy atom. The monoisotopic (exact) mass is 302 g/mol. The van der Waals surface area contributed by atoms with Crippen molar-refractivity contribution < 1.29 is 17.6 Å². The summed E-state index contributed by atoms with van der Waals surface area (Å²) in [5.41, 5.74) is 0. The molecule has 1 N–H and O–H groups in total. The fraction of sp³-hybridized carbons (Fsp3) is 0.692. The molecule has 1 aliphatic rings. The molecule has 0 amide bonds. The topological polar surface area (TPSA) is 71.8 Å². The van der Waals surface area contributed by atoms with E-state index >= 15 is 0 Å². The van der Waals surface area contributed by atoms with Crippen molar-refractivity contribution in [2.24, 2.45) is 0 Å². The SMILES string of the molecule is CCCNCc1ccc(S(=O)(=O)N2CCCOCC2)o1. The van der Waals surface area contributed by atoms with Crippen molar-refractivity contribution in [3.63, 3.8) is 0 Å². The first-order chi connectivity index (χ1) is 9.64. The zero-order valence-electron chi connectivity index (χ0n) is 11.8. The standard InChI is InChI=1S/C13H22N2O4S/c1-2-6-14-11-12-4-5-13(19-12)20(16,17)15-7-3-9-18-10-8-15/h4-5,14H,2-3,6-11H2,1H3. The maximum Gasteiger partial charge on any atom is 0.276 e. The molecule has 0 bridgehead atoms. The Labute approximate surface area is 120 Å². The first kappa shape index (κ1) is 15.5.